The van der Waals surface area contributed by atoms with E-state index in [0.717, 1.165) is 11.1 Å². The maximum absolute atomic E-state index is 13.5. The van der Waals surface area contributed by atoms with Crippen molar-refractivity contribution in [3.63, 3.8) is 0 Å². The molecule has 0 N–H and O–H groups in total. The molecular weight excluding hydrogens is 564 g/mol. The quantitative estimate of drug-likeness (QED) is 0.422. The van der Waals surface area contributed by atoms with Crippen molar-refractivity contribution in [3.05, 3.63) is 70.3 Å². The highest BCUT2D eigenvalue weighted by Crippen LogP contribution is 2.38. The highest BCUT2D eigenvalue weighted by atomic mass is 19.4. The first-order valence-electron chi connectivity index (χ1n) is 13.7. The summed E-state index contributed by atoms with van der Waals surface area (Å²) in [6, 6.07) is 7.67. The largest absolute Gasteiger partial charge is 0.416 e. The second kappa shape index (κ2) is 12.0. The van der Waals surface area contributed by atoms with E-state index >= 15 is 0 Å². The Hall–Kier alpha value is -3.57. The summed E-state index contributed by atoms with van der Waals surface area (Å²) >= 11 is 0. The van der Waals surface area contributed by atoms with Gasteiger partial charge in [0.25, 0.3) is 5.91 Å². The van der Waals surface area contributed by atoms with Crippen LogP contribution in [0.2, 0.25) is 0 Å². The van der Waals surface area contributed by atoms with Crippen molar-refractivity contribution in [2.75, 3.05) is 33.2 Å². The molecule has 228 valence electrons. The summed E-state index contributed by atoms with van der Waals surface area (Å²) < 4.78 is 80.8. The Balaban J connectivity index is 1.62. The molecule has 2 saturated heterocycles. The third-order valence-electron chi connectivity index (χ3n) is 8.42. The lowest BCUT2D eigenvalue weighted by Crippen LogP contribution is -2.53. The summed E-state index contributed by atoms with van der Waals surface area (Å²) in [7, 11) is 1.38. The molecule has 0 saturated carbocycles. The van der Waals surface area contributed by atoms with Gasteiger partial charge >= 0.3 is 12.4 Å². The van der Waals surface area contributed by atoms with E-state index in [2.05, 4.69) is 0 Å². The van der Waals surface area contributed by atoms with Crippen molar-refractivity contribution >= 4 is 17.7 Å². The number of carbonyl (C=O) groups is 3. The van der Waals surface area contributed by atoms with Gasteiger partial charge in [-0.25, -0.2) is 0 Å². The maximum Gasteiger partial charge on any atom is 0.416 e. The Morgan fingerprint density at radius 3 is 1.90 bits per heavy atom. The molecular formula is C30H33F6N3O3. The van der Waals surface area contributed by atoms with Crippen LogP contribution in [0.5, 0.6) is 0 Å². The van der Waals surface area contributed by atoms with Crippen LogP contribution in [0.3, 0.4) is 0 Å². The van der Waals surface area contributed by atoms with E-state index in [-0.39, 0.29) is 43.3 Å². The molecule has 2 aromatic rings. The molecule has 0 aromatic heterocycles. The highest BCUT2D eigenvalue weighted by molar-refractivity contribution is 5.95. The predicted octanol–water partition coefficient (Wildman–Crippen LogP) is 5.75. The minimum atomic E-state index is -5.08. The number of carbonyl (C=O) groups excluding carboxylic acids is 3. The molecule has 3 amide bonds. The second-order valence-corrected chi connectivity index (χ2v) is 11.1. The molecule has 0 spiro atoms. The SMILES string of the molecule is CC(=O)N1CCC(C(=O)N2CC[C@@H](N(C)C(=O)c3cc(C(F)(F)F)cc(C(F)(F)F)c3)[C@H](c3ccccc3C)C2)CC1. The number of benzene rings is 2. The Kier molecular flexibility index (Phi) is 8.94. The van der Waals surface area contributed by atoms with Gasteiger partial charge in [-0.15, -0.1) is 0 Å². The number of rotatable bonds is 4. The van der Waals surface area contributed by atoms with Gasteiger partial charge in [-0.1, -0.05) is 24.3 Å². The summed E-state index contributed by atoms with van der Waals surface area (Å²) in [6.07, 6.45) is -8.81. The van der Waals surface area contributed by atoms with Gasteiger partial charge in [0.15, 0.2) is 0 Å². The number of aryl methyl sites for hydroxylation is 1. The van der Waals surface area contributed by atoms with Crippen molar-refractivity contribution in [1.82, 2.24) is 14.7 Å². The first-order valence-corrected chi connectivity index (χ1v) is 13.7. The van der Waals surface area contributed by atoms with E-state index in [1.165, 1.54) is 18.9 Å². The van der Waals surface area contributed by atoms with E-state index in [9.17, 15) is 40.7 Å². The lowest BCUT2D eigenvalue weighted by Gasteiger charge is -2.44. The van der Waals surface area contributed by atoms with Crippen LogP contribution in [0.25, 0.3) is 0 Å². The minimum Gasteiger partial charge on any atom is -0.343 e. The van der Waals surface area contributed by atoms with Gasteiger partial charge in [0.1, 0.15) is 0 Å². The van der Waals surface area contributed by atoms with Crippen molar-refractivity contribution in [2.24, 2.45) is 5.92 Å². The summed E-state index contributed by atoms with van der Waals surface area (Å²) in [5.41, 5.74) is -2.10. The van der Waals surface area contributed by atoms with Crippen LogP contribution in [-0.4, -0.2) is 71.7 Å². The molecule has 6 nitrogen and oxygen atoms in total. The fraction of sp³-hybridized carbons (Fsp3) is 0.500. The first kappa shape index (κ1) is 31.4. The van der Waals surface area contributed by atoms with Crippen LogP contribution >= 0.6 is 0 Å². The van der Waals surface area contributed by atoms with Gasteiger partial charge in [-0.3, -0.25) is 14.4 Å². The lowest BCUT2D eigenvalue weighted by atomic mass is 9.82. The normalized spacial score (nSPS) is 20.4. The average molecular weight is 598 g/mol. The third kappa shape index (κ3) is 6.73. The summed E-state index contributed by atoms with van der Waals surface area (Å²) in [4.78, 5) is 43.3. The standard InChI is InChI=1S/C30H33F6N3O3/c1-18-6-4-5-7-24(18)25-17-39(28(42)20-8-11-38(12-9-20)19(2)40)13-10-26(25)37(3)27(41)21-14-22(29(31,32)33)16-23(15-21)30(34,35)36/h4-7,14-16,20,25-26H,8-13,17H2,1-3H3/t25-,26+/m0/s1. The number of nitrogens with zero attached hydrogens (tertiary/aromatic N) is 3. The average Bonchev–Trinajstić information content (AvgIpc) is 2.95. The number of alkyl halides is 6. The zero-order valence-electron chi connectivity index (χ0n) is 23.6. The Morgan fingerprint density at radius 2 is 1.38 bits per heavy atom. The van der Waals surface area contributed by atoms with Crippen LogP contribution in [0.4, 0.5) is 26.3 Å². The van der Waals surface area contributed by atoms with Crippen molar-refractivity contribution in [3.8, 4) is 0 Å². The van der Waals surface area contributed by atoms with Gasteiger partial charge in [-0.05, 0) is 55.5 Å². The van der Waals surface area contributed by atoms with Gasteiger partial charge in [0.05, 0.1) is 11.1 Å². The molecule has 42 heavy (non-hydrogen) atoms. The van der Waals surface area contributed by atoms with Crippen LogP contribution < -0.4 is 0 Å². The number of likely N-dealkylation sites (tertiary alicyclic amines) is 2. The number of hydrogen-bond acceptors (Lipinski definition) is 3. The highest BCUT2D eigenvalue weighted by Gasteiger charge is 2.41. The Labute approximate surface area is 240 Å². The Bertz CT molecular complexity index is 1300. The van der Waals surface area contributed by atoms with Crippen molar-refractivity contribution in [1.29, 1.82) is 0 Å². The molecule has 0 radical (unpaired) electrons. The molecule has 2 atom stereocenters. The molecule has 2 aliphatic heterocycles. The molecule has 2 aromatic carbocycles. The number of likely N-dealkylation sites (N-methyl/N-ethyl adjacent to an activating group) is 1. The summed E-state index contributed by atoms with van der Waals surface area (Å²) in [5.74, 6) is -1.76. The monoisotopic (exact) mass is 597 g/mol. The van der Waals surface area contributed by atoms with E-state index in [1.807, 2.05) is 31.2 Å². The van der Waals surface area contributed by atoms with Gasteiger partial charge in [-0.2, -0.15) is 26.3 Å². The third-order valence-corrected chi connectivity index (χ3v) is 8.42. The predicted molar refractivity (Wildman–Crippen MR) is 142 cm³/mol. The number of halogens is 6. The van der Waals surface area contributed by atoms with Crippen molar-refractivity contribution < 1.29 is 40.7 Å². The number of amides is 3. The smallest absolute Gasteiger partial charge is 0.343 e. The van der Waals surface area contributed by atoms with Crippen molar-refractivity contribution in [2.45, 2.75) is 57.4 Å². The number of piperidine rings is 2. The zero-order valence-corrected chi connectivity index (χ0v) is 23.6. The van der Waals surface area contributed by atoms with E-state index in [1.54, 1.807) is 9.80 Å². The second-order valence-electron chi connectivity index (χ2n) is 11.1. The van der Waals surface area contributed by atoms with Gasteiger partial charge in [0.2, 0.25) is 11.8 Å². The first-order chi connectivity index (χ1) is 19.6. The van der Waals surface area contributed by atoms with E-state index in [4.69, 9.17) is 0 Å². The molecule has 0 unspecified atom stereocenters. The summed E-state index contributed by atoms with van der Waals surface area (Å²) in [6.45, 7) is 4.83. The van der Waals surface area contributed by atoms with E-state index < -0.39 is 46.9 Å². The molecule has 2 fully saturated rings. The summed E-state index contributed by atoms with van der Waals surface area (Å²) in [5, 5.41) is 0. The fourth-order valence-corrected chi connectivity index (χ4v) is 6.04. The molecule has 4 rings (SSSR count). The molecule has 12 heteroatoms. The van der Waals surface area contributed by atoms with Crippen LogP contribution in [0.15, 0.2) is 42.5 Å². The lowest BCUT2D eigenvalue weighted by molar-refractivity contribution is -0.143. The van der Waals surface area contributed by atoms with Gasteiger partial charge < -0.3 is 14.7 Å². The van der Waals surface area contributed by atoms with Crippen LogP contribution in [-0.2, 0) is 21.9 Å². The zero-order chi connectivity index (χ0) is 31.0. The molecule has 0 aliphatic carbocycles. The number of hydrogen-bond donors (Lipinski definition) is 0. The van der Waals surface area contributed by atoms with Gasteiger partial charge in [0, 0.05) is 63.6 Å². The topological polar surface area (TPSA) is 60.9 Å². The molecule has 2 heterocycles. The molecule has 0 bridgehead atoms. The van der Waals surface area contributed by atoms with Crippen LogP contribution in [0.1, 0.15) is 64.7 Å². The van der Waals surface area contributed by atoms with E-state index in [0.29, 0.717) is 38.1 Å². The maximum atomic E-state index is 13.5. The van der Waals surface area contributed by atoms with Crippen LogP contribution in [0, 0.1) is 12.8 Å². The Morgan fingerprint density at radius 1 is 0.833 bits per heavy atom. The minimum absolute atomic E-state index is 0.00208. The fourth-order valence-electron chi connectivity index (χ4n) is 6.04. The molecule has 2 aliphatic rings.